The molecule has 1 aliphatic rings. The molecule has 10 heteroatoms. The minimum Gasteiger partial charge on any atom is -0.490 e. The molecule has 0 bridgehead atoms. The number of halogens is 2. The van der Waals surface area contributed by atoms with E-state index < -0.39 is 23.7 Å². The minimum atomic E-state index is -0.845. The molecule has 1 aliphatic carbocycles. The maximum absolute atomic E-state index is 15.3. The van der Waals surface area contributed by atoms with E-state index in [2.05, 4.69) is 15.3 Å². The van der Waals surface area contributed by atoms with Gasteiger partial charge in [0.25, 0.3) is 5.91 Å². The third kappa shape index (κ3) is 4.42. The molecule has 0 saturated heterocycles. The van der Waals surface area contributed by atoms with Gasteiger partial charge >= 0.3 is 0 Å². The van der Waals surface area contributed by atoms with Gasteiger partial charge in [-0.3, -0.25) is 9.20 Å². The molecule has 4 rings (SSSR count). The molecule has 2 heterocycles. The zero-order chi connectivity index (χ0) is 24.7. The van der Waals surface area contributed by atoms with Crippen LogP contribution in [0.25, 0.3) is 5.52 Å². The molecule has 0 unspecified atom stereocenters. The fraction of sp³-hybridized carbons (Fsp3) is 0.458. The van der Waals surface area contributed by atoms with E-state index >= 15 is 4.39 Å². The predicted molar refractivity (Wildman–Crippen MR) is 128 cm³/mol. The van der Waals surface area contributed by atoms with Crippen LogP contribution in [0.3, 0.4) is 0 Å². The van der Waals surface area contributed by atoms with E-state index in [9.17, 15) is 9.90 Å². The first kappa shape index (κ1) is 24.2. The summed E-state index contributed by atoms with van der Waals surface area (Å²) in [6.45, 7) is 7.33. The molecule has 8 nitrogen and oxygen atoms in total. The number of imidazole rings is 1. The van der Waals surface area contributed by atoms with Crippen LogP contribution in [0.5, 0.6) is 5.75 Å². The number of aliphatic hydroxyl groups is 1. The zero-order valence-corrected chi connectivity index (χ0v) is 20.4. The molecule has 1 fully saturated rings. The summed E-state index contributed by atoms with van der Waals surface area (Å²) < 4.78 is 23.2. The van der Waals surface area contributed by atoms with Crippen molar-refractivity contribution in [2.45, 2.75) is 71.1 Å². The number of carbonyl (C=O) groups is 1. The van der Waals surface area contributed by atoms with Crippen LogP contribution in [0, 0.1) is 12.7 Å². The smallest absolute Gasteiger partial charge is 0.258 e. The Hall–Kier alpha value is -2.91. The lowest BCUT2D eigenvalue weighted by Crippen LogP contribution is -2.34. The van der Waals surface area contributed by atoms with Crippen LogP contribution < -0.4 is 15.8 Å². The number of nitrogen functional groups attached to an aromatic ring is 1. The molecule has 2 aromatic heterocycles. The van der Waals surface area contributed by atoms with Gasteiger partial charge in [0.05, 0.1) is 22.9 Å². The maximum atomic E-state index is 15.3. The fourth-order valence-electron chi connectivity index (χ4n) is 4.58. The third-order valence-electron chi connectivity index (χ3n) is 6.16. The highest BCUT2D eigenvalue weighted by atomic mass is 35.5. The van der Waals surface area contributed by atoms with Crippen molar-refractivity contribution >= 4 is 28.8 Å². The Morgan fingerprint density at radius 2 is 2.12 bits per heavy atom. The van der Waals surface area contributed by atoms with Gasteiger partial charge in [-0.05, 0) is 46.1 Å². The number of aromatic nitrogens is 3. The van der Waals surface area contributed by atoms with Gasteiger partial charge in [-0.2, -0.15) is 0 Å². The summed E-state index contributed by atoms with van der Waals surface area (Å²) in [6.07, 6.45) is 4.16. The molecule has 1 amide bonds. The lowest BCUT2D eigenvalue weighted by molar-refractivity contribution is 0.0923. The molecule has 1 saturated carbocycles. The van der Waals surface area contributed by atoms with E-state index in [4.69, 9.17) is 22.1 Å². The number of nitrogens with two attached hydrogens (primary N) is 1. The van der Waals surface area contributed by atoms with Gasteiger partial charge in [-0.25, -0.2) is 14.4 Å². The number of anilines is 1. The molecule has 182 valence electrons. The summed E-state index contributed by atoms with van der Waals surface area (Å²) in [5.74, 6) is -0.794. The van der Waals surface area contributed by atoms with E-state index in [1.54, 1.807) is 26.2 Å². The van der Waals surface area contributed by atoms with Gasteiger partial charge in [0.15, 0.2) is 5.82 Å². The van der Waals surface area contributed by atoms with Crippen molar-refractivity contribution in [2.75, 3.05) is 5.73 Å². The second kappa shape index (κ2) is 9.38. The van der Waals surface area contributed by atoms with Crippen molar-refractivity contribution in [3.63, 3.8) is 0 Å². The average Bonchev–Trinajstić information content (AvgIpc) is 3.33. The van der Waals surface area contributed by atoms with Crippen LogP contribution in [-0.4, -0.2) is 43.6 Å². The van der Waals surface area contributed by atoms with Crippen LogP contribution in [-0.2, 0) is 0 Å². The van der Waals surface area contributed by atoms with Crippen molar-refractivity contribution in [1.29, 1.82) is 0 Å². The van der Waals surface area contributed by atoms with Crippen molar-refractivity contribution in [3.05, 3.63) is 51.9 Å². The topological polar surface area (TPSA) is 115 Å². The van der Waals surface area contributed by atoms with E-state index in [-0.39, 0.29) is 28.5 Å². The standard InChI is InChI=1S/C24H29ClFN5O3/c1-11(2)34-21-16(12(3)23-29-13(4)20-22(27)28-7-8-31(20)23)10-17(25)19(26)18(21)24(33)30-14-5-6-15(32)9-14/h7-8,10-12,14-15,32H,5-6,9H2,1-4H3,(H2,27,28)(H,30,33)/t12-,14-,15-/m0/s1. The molecule has 34 heavy (non-hydrogen) atoms. The number of hydrogen-bond acceptors (Lipinski definition) is 6. The third-order valence-corrected chi connectivity index (χ3v) is 6.43. The number of rotatable bonds is 6. The number of amides is 1. The monoisotopic (exact) mass is 489 g/mol. The van der Waals surface area contributed by atoms with Gasteiger partial charge in [0, 0.05) is 29.9 Å². The number of hydrogen-bond donors (Lipinski definition) is 3. The van der Waals surface area contributed by atoms with Crippen LogP contribution in [0.1, 0.15) is 73.4 Å². The normalized spacial score (nSPS) is 19.1. The molecular weight excluding hydrogens is 461 g/mol. The SMILES string of the molecule is Cc1nc([C@@H](C)c2cc(Cl)c(F)c(C(=O)N[C@H]3CC[C@H](O)C3)c2OC(C)C)n2ccnc(N)c12. The molecule has 3 atom stereocenters. The Kier molecular flexibility index (Phi) is 6.69. The zero-order valence-electron chi connectivity index (χ0n) is 19.6. The van der Waals surface area contributed by atoms with E-state index in [1.165, 1.54) is 6.07 Å². The number of carbonyl (C=O) groups excluding carboxylic acids is 1. The van der Waals surface area contributed by atoms with Gasteiger partial charge in [-0.1, -0.05) is 18.5 Å². The van der Waals surface area contributed by atoms with Crippen LogP contribution >= 0.6 is 11.6 Å². The van der Waals surface area contributed by atoms with E-state index in [0.29, 0.717) is 47.7 Å². The Labute approximate surface area is 202 Å². The first-order valence-electron chi connectivity index (χ1n) is 11.3. The Morgan fingerprint density at radius 3 is 2.76 bits per heavy atom. The summed E-state index contributed by atoms with van der Waals surface area (Å²) in [7, 11) is 0. The number of nitrogens with zero attached hydrogens (tertiary/aromatic N) is 3. The van der Waals surface area contributed by atoms with E-state index in [0.717, 1.165) is 0 Å². The quantitative estimate of drug-likeness (QED) is 0.482. The molecular formula is C24H29ClFN5O3. The predicted octanol–water partition coefficient (Wildman–Crippen LogP) is 3.99. The first-order chi connectivity index (χ1) is 16.1. The van der Waals surface area contributed by atoms with Gasteiger partial charge in [-0.15, -0.1) is 0 Å². The largest absolute Gasteiger partial charge is 0.490 e. The maximum Gasteiger partial charge on any atom is 0.258 e. The number of aryl methyl sites for hydroxylation is 1. The Balaban J connectivity index is 1.84. The highest BCUT2D eigenvalue weighted by molar-refractivity contribution is 6.31. The van der Waals surface area contributed by atoms with Gasteiger partial charge in [0.1, 0.15) is 28.5 Å². The van der Waals surface area contributed by atoms with Gasteiger partial charge < -0.3 is 20.9 Å². The summed E-state index contributed by atoms with van der Waals surface area (Å²) in [5.41, 5.74) is 7.72. The molecule has 4 N–H and O–H groups in total. The van der Waals surface area contributed by atoms with E-state index in [1.807, 2.05) is 18.2 Å². The number of benzene rings is 1. The van der Waals surface area contributed by atoms with Crippen molar-refractivity contribution < 1.29 is 19.0 Å². The van der Waals surface area contributed by atoms with Crippen LogP contribution in [0.4, 0.5) is 10.2 Å². The van der Waals surface area contributed by atoms with Crippen LogP contribution in [0.15, 0.2) is 18.5 Å². The van der Waals surface area contributed by atoms with Crippen molar-refractivity contribution in [1.82, 2.24) is 19.7 Å². The lowest BCUT2D eigenvalue weighted by atomic mass is 9.95. The summed E-state index contributed by atoms with van der Waals surface area (Å²) in [6, 6.07) is 1.24. The highest BCUT2D eigenvalue weighted by Crippen LogP contribution is 2.40. The number of fused-ring (bicyclic) bond motifs is 1. The van der Waals surface area contributed by atoms with Gasteiger partial charge in [0.2, 0.25) is 0 Å². The summed E-state index contributed by atoms with van der Waals surface area (Å²) in [4.78, 5) is 22.1. The second-order valence-corrected chi connectivity index (χ2v) is 9.48. The number of nitrogens with one attached hydrogen (secondary N) is 1. The lowest BCUT2D eigenvalue weighted by Gasteiger charge is -2.23. The first-order valence-corrected chi connectivity index (χ1v) is 11.7. The van der Waals surface area contributed by atoms with Crippen molar-refractivity contribution in [2.24, 2.45) is 0 Å². The Morgan fingerprint density at radius 1 is 1.38 bits per heavy atom. The van der Waals surface area contributed by atoms with Crippen molar-refractivity contribution in [3.8, 4) is 5.75 Å². The molecule has 0 aliphatic heterocycles. The summed E-state index contributed by atoms with van der Waals surface area (Å²) >= 11 is 6.28. The van der Waals surface area contributed by atoms with Crippen LogP contribution in [0.2, 0.25) is 5.02 Å². The minimum absolute atomic E-state index is 0.122. The fourth-order valence-corrected chi connectivity index (χ4v) is 4.79. The summed E-state index contributed by atoms with van der Waals surface area (Å²) in [5, 5.41) is 12.5. The molecule has 0 radical (unpaired) electrons. The second-order valence-electron chi connectivity index (χ2n) is 9.08. The molecule has 1 aromatic carbocycles. The number of ether oxygens (including phenoxy) is 1. The molecule has 3 aromatic rings. The Bertz CT molecular complexity index is 1250. The highest BCUT2D eigenvalue weighted by Gasteiger charge is 2.32. The number of aliphatic hydroxyl groups excluding tert-OH is 1. The average molecular weight is 490 g/mol. The molecule has 0 spiro atoms.